The topological polar surface area (TPSA) is 68.8 Å². The van der Waals surface area contributed by atoms with Crippen LogP contribution < -0.4 is 16.0 Å². The summed E-state index contributed by atoms with van der Waals surface area (Å²) in [5.74, 6) is 0.671. The fourth-order valence-corrected chi connectivity index (χ4v) is 2.90. The zero-order valence-electron chi connectivity index (χ0n) is 18.6. The number of nitrogens with zero attached hydrogens (tertiary/aromatic N) is 2. The van der Waals surface area contributed by atoms with E-state index in [0.29, 0.717) is 12.5 Å². The van der Waals surface area contributed by atoms with Gasteiger partial charge in [0.25, 0.3) is 0 Å². The molecule has 1 aromatic rings. The molecule has 7 heteroatoms. The highest BCUT2D eigenvalue weighted by Crippen LogP contribution is 2.15. The first-order chi connectivity index (χ1) is 12.4. The number of rotatable bonds is 7. The van der Waals surface area contributed by atoms with Crippen LogP contribution in [0.1, 0.15) is 53.1 Å². The number of hydrogen-bond donors (Lipinski definition) is 3. The standard InChI is InChI=1S/C21H37N5O.HI/c1-16(17-12-10-9-11-13-17)24-21(5,6)15-23-19(22-7)26(8)14-18(27)25-20(2,3)4;/h9-13,16,24H,14-15H2,1-8H3,(H,22,23)(H,25,27);1H. The van der Waals surface area contributed by atoms with Crippen molar-refractivity contribution in [2.45, 2.75) is 58.7 Å². The Morgan fingerprint density at radius 3 is 2.21 bits per heavy atom. The van der Waals surface area contributed by atoms with Crippen molar-refractivity contribution in [3.63, 3.8) is 0 Å². The maximum atomic E-state index is 12.1. The zero-order chi connectivity index (χ0) is 20.7. The van der Waals surface area contributed by atoms with Crippen molar-refractivity contribution in [3.05, 3.63) is 35.9 Å². The minimum atomic E-state index is -0.242. The number of benzene rings is 1. The number of halogens is 1. The van der Waals surface area contributed by atoms with Gasteiger partial charge in [-0.3, -0.25) is 9.79 Å². The third-order valence-corrected chi connectivity index (χ3v) is 4.06. The summed E-state index contributed by atoms with van der Waals surface area (Å²) in [4.78, 5) is 18.3. The van der Waals surface area contributed by atoms with E-state index in [4.69, 9.17) is 0 Å². The van der Waals surface area contributed by atoms with Crippen LogP contribution in [-0.2, 0) is 4.79 Å². The molecular weight excluding hydrogens is 465 g/mol. The maximum absolute atomic E-state index is 12.1. The Morgan fingerprint density at radius 2 is 1.71 bits per heavy atom. The van der Waals surface area contributed by atoms with Gasteiger partial charge in [-0.25, -0.2) is 0 Å². The van der Waals surface area contributed by atoms with Crippen molar-refractivity contribution >= 4 is 35.8 Å². The van der Waals surface area contributed by atoms with Gasteiger partial charge < -0.3 is 20.9 Å². The van der Waals surface area contributed by atoms with Crippen molar-refractivity contribution in [2.75, 3.05) is 27.2 Å². The summed E-state index contributed by atoms with van der Waals surface area (Å²) in [6.45, 7) is 13.3. The Labute approximate surface area is 188 Å². The molecule has 0 aliphatic heterocycles. The minimum absolute atomic E-state index is 0. The lowest BCUT2D eigenvalue weighted by Crippen LogP contribution is -2.54. The van der Waals surface area contributed by atoms with Gasteiger partial charge in [0.2, 0.25) is 5.91 Å². The molecule has 0 radical (unpaired) electrons. The van der Waals surface area contributed by atoms with Crippen molar-refractivity contribution in [1.82, 2.24) is 20.9 Å². The first kappa shape index (κ1) is 26.6. The Bertz CT molecular complexity index is 625. The van der Waals surface area contributed by atoms with E-state index in [1.165, 1.54) is 5.56 Å². The number of nitrogens with one attached hydrogen (secondary N) is 3. The molecule has 3 N–H and O–H groups in total. The lowest BCUT2D eigenvalue weighted by Gasteiger charge is -2.33. The summed E-state index contributed by atoms with van der Waals surface area (Å²) in [5.41, 5.74) is 0.861. The highest BCUT2D eigenvalue weighted by Gasteiger charge is 2.22. The van der Waals surface area contributed by atoms with Gasteiger partial charge in [0, 0.05) is 37.8 Å². The number of carbonyl (C=O) groups excluding carboxylic acids is 1. The molecule has 1 amide bonds. The molecule has 28 heavy (non-hydrogen) atoms. The van der Waals surface area contributed by atoms with Gasteiger partial charge in [-0.1, -0.05) is 30.3 Å². The first-order valence-corrected chi connectivity index (χ1v) is 9.49. The Morgan fingerprint density at radius 1 is 1.14 bits per heavy atom. The summed E-state index contributed by atoms with van der Waals surface area (Å²) in [7, 11) is 3.60. The molecule has 0 saturated carbocycles. The SMILES string of the molecule is CN=C(NCC(C)(C)NC(C)c1ccccc1)N(C)CC(=O)NC(C)(C)C.I. The molecule has 1 rings (SSSR count). The van der Waals surface area contributed by atoms with Crippen LogP contribution in [0.25, 0.3) is 0 Å². The van der Waals surface area contributed by atoms with Gasteiger partial charge in [-0.15, -0.1) is 24.0 Å². The number of aliphatic imine (C=N–C) groups is 1. The Kier molecular flexibility index (Phi) is 11.0. The molecule has 1 unspecified atom stereocenters. The van der Waals surface area contributed by atoms with E-state index in [-0.39, 0.29) is 53.5 Å². The smallest absolute Gasteiger partial charge is 0.240 e. The molecule has 0 aliphatic carbocycles. The van der Waals surface area contributed by atoms with Crippen LogP contribution in [0.15, 0.2) is 35.3 Å². The van der Waals surface area contributed by atoms with E-state index < -0.39 is 0 Å². The molecule has 0 aliphatic rings. The molecule has 6 nitrogen and oxygen atoms in total. The zero-order valence-corrected chi connectivity index (χ0v) is 20.9. The summed E-state index contributed by atoms with van der Waals surface area (Å²) in [6, 6.07) is 10.6. The second kappa shape index (κ2) is 11.6. The van der Waals surface area contributed by atoms with Crippen molar-refractivity contribution < 1.29 is 4.79 Å². The van der Waals surface area contributed by atoms with Crippen molar-refractivity contribution in [2.24, 2.45) is 4.99 Å². The molecule has 0 heterocycles. The number of carbonyl (C=O) groups is 1. The predicted molar refractivity (Wildman–Crippen MR) is 129 cm³/mol. The molecule has 0 spiro atoms. The fraction of sp³-hybridized carbons (Fsp3) is 0.619. The third kappa shape index (κ3) is 10.3. The van der Waals surface area contributed by atoms with E-state index >= 15 is 0 Å². The van der Waals surface area contributed by atoms with Crippen molar-refractivity contribution in [3.8, 4) is 0 Å². The highest BCUT2D eigenvalue weighted by atomic mass is 127. The van der Waals surface area contributed by atoms with Gasteiger partial charge in [-0.2, -0.15) is 0 Å². The fourth-order valence-electron chi connectivity index (χ4n) is 2.90. The van der Waals surface area contributed by atoms with Gasteiger partial charge in [-0.05, 0) is 47.1 Å². The molecule has 160 valence electrons. The van der Waals surface area contributed by atoms with E-state index in [1.807, 2.05) is 38.8 Å². The molecule has 1 aromatic carbocycles. The Balaban J connectivity index is 0.00000729. The molecule has 1 atom stereocenters. The van der Waals surface area contributed by atoms with Gasteiger partial charge in [0.05, 0.1) is 6.54 Å². The average Bonchev–Trinajstić information content (AvgIpc) is 2.53. The van der Waals surface area contributed by atoms with E-state index in [1.54, 1.807) is 7.05 Å². The average molecular weight is 503 g/mol. The predicted octanol–water partition coefficient (Wildman–Crippen LogP) is 3.16. The maximum Gasteiger partial charge on any atom is 0.240 e. The van der Waals surface area contributed by atoms with Crippen LogP contribution in [0.3, 0.4) is 0 Å². The van der Waals surface area contributed by atoms with E-state index in [9.17, 15) is 4.79 Å². The lowest BCUT2D eigenvalue weighted by molar-refractivity contribution is -0.122. The van der Waals surface area contributed by atoms with Gasteiger partial charge in [0.15, 0.2) is 5.96 Å². The van der Waals surface area contributed by atoms with E-state index in [2.05, 4.69) is 66.0 Å². The summed E-state index contributed by atoms with van der Waals surface area (Å²) < 4.78 is 0. The van der Waals surface area contributed by atoms with Crippen molar-refractivity contribution in [1.29, 1.82) is 0 Å². The van der Waals surface area contributed by atoms with Crippen LogP contribution in [0.4, 0.5) is 0 Å². The van der Waals surface area contributed by atoms with Crippen LogP contribution >= 0.6 is 24.0 Å². The number of likely N-dealkylation sites (N-methyl/N-ethyl adjacent to an activating group) is 1. The largest absolute Gasteiger partial charge is 0.354 e. The molecular formula is C21H38IN5O. The monoisotopic (exact) mass is 503 g/mol. The second-order valence-electron chi connectivity index (χ2n) is 8.72. The molecule has 0 fully saturated rings. The normalized spacial score (nSPS) is 13.4. The van der Waals surface area contributed by atoms with E-state index in [0.717, 1.165) is 0 Å². The molecule has 0 aromatic heterocycles. The molecule has 0 saturated heterocycles. The number of hydrogen-bond acceptors (Lipinski definition) is 3. The van der Waals surface area contributed by atoms with Gasteiger partial charge in [0.1, 0.15) is 0 Å². The van der Waals surface area contributed by atoms with Gasteiger partial charge >= 0.3 is 0 Å². The highest BCUT2D eigenvalue weighted by molar-refractivity contribution is 14.0. The number of guanidine groups is 1. The van der Waals surface area contributed by atoms with Crippen LogP contribution in [-0.4, -0.2) is 55.0 Å². The Hall–Kier alpha value is -1.35. The van der Waals surface area contributed by atoms with Crippen LogP contribution in [0.5, 0.6) is 0 Å². The quantitative estimate of drug-likeness (QED) is 0.304. The molecule has 0 bridgehead atoms. The van der Waals surface area contributed by atoms with Crippen LogP contribution in [0.2, 0.25) is 0 Å². The first-order valence-electron chi connectivity index (χ1n) is 9.49. The minimum Gasteiger partial charge on any atom is -0.354 e. The van der Waals surface area contributed by atoms with Crippen LogP contribution in [0, 0.1) is 0 Å². The summed E-state index contributed by atoms with van der Waals surface area (Å²) in [5, 5.41) is 9.99. The summed E-state index contributed by atoms with van der Waals surface area (Å²) in [6.07, 6.45) is 0. The third-order valence-electron chi connectivity index (χ3n) is 4.06. The summed E-state index contributed by atoms with van der Waals surface area (Å²) >= 11 is 0. The lowest BCUT2D eigenvalue weighted by atomic mass is 10.0. The second-order valence-corrected chi connectivity index (χ2v) is 8.72. The number of amides is 1.